The summed E-state index contributed by atoms with van der Waals surface area (Å²) in [7, 11) is 1.56. The zero-order valence-electron chi connectivity index (χ0n) is 17.1. The molecule has 156 valence electrons. The first kappa shape index (κ1) is 21.1. The molecule has 7 heteroatoms. The topological polar surface area (TPSA) is 84.9 Å². The maximum atomic E-state index is 12.6. The molecular weight excluding hydrogens is 384 g/mol. The number of rotatable bonds is 6. The van der Waals surface area contributed by atoms with Crippen LogP contribution in [-0.4, -0.2) is 35.9 Å². The number of carbonyl (C=O) groups excluding carboxylic acids is 3. The van der Waals surface area contributed by atoms with Crippen molar-refractivity contribution in [2.45, 2.75) is 32.4 Å². The van der Waals surface area contributed by atoms with E-state index in [0.717, 1.165) is 11.1 Å². The van der Waals surface area contributed by atoms with Crippen LogP contribution in [0.25, 0.3) is 6.08 Å². The highest BCUT2D eigenvalue weighted by Gasteiger charge is 2.30. The van der Waals surface area contributed by atoms with E-state index in [4.69, 9.17) is 9.47 Å². The summed E-state index contributed by atoms with van der Waals surface area (Å²) in [5.41, 5.74) is 2.37. The van der Waals surface area contributed by atoms with Crippen LogP contribution in [0.5, 0.6) is 5.75 Å². The molecule has 0 saturated carbocycles. The Kier molecular flexibility index (Phi) is 6.51. The number of methoxy groups -OCH3 is 1. The first-order chi connectivity index (χ1) is 14.4. The van der Waals surface area contributed by atoms with Crippen LogP contribution < -0.4 is 10.1 Å². The fourth-order valence-electron chi connectivity index (χ4n) is 3.29. The Hall–Kier alpha value is -3.61. The number of nitrogens with one attached hydrogen (secondary N) is 1. The lowest BCUT2D eigenvalue weighted by Gasteiger charge is -2.32. The van der Waals surface area contributed by atoms with Gasteiger partial charge < -0.3 is 19.7 Å². The van der Waals surface area contributed by atoms with E-state index < -0.39 is 24.0 Å². The van der Waals surface area contributed by atoms with Crippen molar-refractivity contribution in [2.75, 3.05) is 12.4 Å². The monoisotopic (exact) mass is 408 g/mol. The lowest BCUT2D eigenvalue weighted by Crippen LogP contribution is -2.34. The Morgan fingerprint density at radius 1 is 1.10 bits per heavy atom. The van der Waals surface area contributed by atoms with E-state index >= 15 is 0 Å². The smallest absolute Gasteiger partial charge is 0.309 e. The van der Waals surface area contributed by atoms with E-state index in [2.05, 4.69) is 5.32 Å². The minimum atomic E-state index is -0.986. The molecule has 2 aromatic carbocycles. The molecule has 0 fully saturated rings. The van der Waals surface area contributed by atoms with Gasteiger partial charge in [-0.25, -0.2) is 0 Å². The zero-order chi connectivity index (χ0) is 21.7. The van der Waals surface area contributed by atoms with Gasteiger partial charge in [0, 0.05) is 18.8 Å². The van der Waals surface area contributed by atoms with Gasteiger partial charge in [0.1, 0.15) is 5.75 Å². The largest absolute Gasteiger partial charge is 0.497 e. The molecule has 30 heavy (non-hydrogen) atoms. The minimum Gasteiger partial charge on any atom is -0.497 e. The minimum absolute atomic E-state index is 0.0545. The number of esters is 1. The number of carbonyl (C=O) groups is 3. The number of nitrogens with zero attached hydrogens (tertiary/aromatic N) is 1. The van der Waals surface area contributed by atoms with Crippen molar-refractivity contribution in [3.63, 3.8) is 0 Å². The summed E-state index contributed by atoms with van der Waals surface area (Å²) in [6, 6.07) is 13.9. The van der Waals surface area contributed by atoms with Crippen molar-refractivity contribution >= 4 is 29.5 Å². The molecule has 0 unspecified atom stereocenters. The molecule has 3 rings (SSSR count). The van der Waals surface area contributed by atoms with Crippen LogP contribution in [0.3, 0.4) is 0 Å². The molecule has 1 N–H and O–H groups in total. The Morgan fingerprint density at radius 2 is 1.80 bits per heavy atom. The standard InChI is InChI=1S/C23H24N2O5/c1-15(23(28)24-18-8-10-19(29-3)11-9-18)30-22(27)14-21-20-7-5-4-6-17(20)12-13-25(21)16(2)26/h4-13,15,21H,14H2,1-3H3,(H,24,28)/t15-,21+/m0/s1. The van der Waals surface area contributed by atoms with Gasteiger partial charge in [0.05, 0.1) is 19.6 Å². The Balaban J connectivity index is 1.63. The second-order valence-corrected chi connectivity index (χ2v) is 6.94. The normalized spacial score (nSPS) is 15.7. The number of anilines is 1. The van der Waals surface area contributed by atoms with E-state index in [1.54, 1.807) is 37.6 Å². The van der Waals surface area contributed by atoms with E-state index in [1.807, 2.05) is 30.3 Å². The number of amides is 2. The molecule has 2 atom stereocenters. The van der Waals surface area contributed by atoms with Crippen LogP contribution in [0.1, 0.15) is 37.4 Å². The number of benzene rings is 2. The summed E-state index contributed by atoms with van der Waals surface area (Å²) in [5, 5.41) is 2.70. The Bertz CT molecular complexity index is 968. The van der Waals surface area contributed by atoms with Gasteiger partial charge in [0.15, 0.2) is 6.10 Å². The summed E-state index contributed by atoms with van der Waals surface area (Å²) in [6.07, 6.45) is 2.47. The fraction of sp³-hybridized carbons (Fsp3) is 0.261. The highest BCUT2D eigenvalue weighted by Crippen LogP contribution is 2.33. The summed E-state index contributed by atoms with van der Waals surface area (Å²) in [5.74, 6) is -0.511. The third kappa shape index (κ3) is 4.86. The number of fused-ring (bicyclic) bond motifs is 1. The number of hydrogen-bond donors (Lipinski definition) is 1. The molecule has 0 spiro atoms. The third-order valence-corrected chi connectivity index (χ3v) is 4.86. The predicted molar refractivity (Wildman–Crippen MR) is 113 cm³/mol. The summed E-state index contributed by atoms with van der Waals surface area (Å²) in [6.45, 7) is 2.95. The van der Waals surface area contributed by atoms with Gasteiger partial charge in [-0.2, -0.15) is 0 Å². The summed E-state index contributed by atoms with van der Waals surface area (Å²) < 4.78 is 10.4. The van der Waals surface area contributed by atoms with Gasteiger partial charge in [-0.3, -0.25) is 14.4 Å². The van der Waals surface area contributed by atoms with E-state index in [-0.39, 0.29) is 12.3 Å². The highest BCUT2D eigenvalue weighted by atomic mass is 16.5. The predicted octanol–water partition coefficient (Wildman–Crippen LogP) is 3.53. The molecule has 0 bridgehead atoms. The van der Waals surface area contributed by atoms with Gasteiger partial charge in [0.25, 0.3) is 5.91 Å². The molecule has 7 nitrogen and oxygen atoms in total. The zero-order valence-corrected chi connectivity index (χ0v) is 17.1. The molecule has 1 aliphatic rings. The van der Waals surface area contributed by atoms with Gasteiger partial charge in [-0.1, -0.05) is 24.3 Å². The SMILES string of the molecule is COc1ccc(NC(=O)[C@H](C)OC(=O)C[C@@H]2c3ccccc3C=CN2C(C)=O)cc1. The van der Waals surface area contributed by atoms with Gasteiger partial charge in [-0.15, -0.1) is 0 Å². The molecule has 2 aromatic rings. The average Bonchev–Trinajstić information content (AvgIpc) is 2.74. The lowest BCUT2D eigenvalue weighted by molar-refractivity contribution is -0.154. The van der Waals surface area contributed by atoms with Crippen LogP contribution in [0, 0.1) is 0 Å². The Labute approximate surface area is 175 Å². The highest BCUT2D eigenvalue weighted by molar-refractivity contribution is 5.95. The second-order valence-electron chi connectivity index (χ2n) is 6.94. The summed E-state index contributed by atoms with van der Waals surface area (Å²) in [4.78, 5) is 38.5. The van der Waals surface area contributed by atoms with Crippen LogP contribution in [-0.2, 0) is 19.1 Å². The second kappa shape index (κ2) is 9.26. The van der Waals surface area contributed by atoms with Crippen molar-refractivity contribution in [3.05, 3.63) is 65.9 Å². The maximum absolute atomic E-state index is 12.6. The molecular formula is C23H24N2O5. The number of hydrogen-bond acceptors (Lipinski definition) is 5. The van der Waals surface area contributed by atoms with Crippen LogP contribution in [0.2, 0.25) is 0 Å². The molecule has 0 saturated heterocycles. The van der Waals surface area contributed by atoms with E-state index in [1.165, 1.54) is 18.7 Å². The summed E-state index contributed by atoms with van der Waals surface area (Å²) >= 11 is 0. The van der Waals surface area contributed by atoms with Crippen LogP contribution in [0.15, 0.2) is 54.7 Å². The van der Waals surface area contributed by atoms with Crippen LogP contribution in [0.4, 0.5) is 5.69 Å². The molecule has 0 aromatic heterocycles. The van der Waals surface area contributed by atoms with Crippen molar-refractivity contribution in [2.24, 2.45) is 0 Å². The third-order valence-electron chi connectivity index (χ3n) is 4.86. The van der Waals surface area contributed by atoms with E-state index in [9.17, 15) is 14.4 Å². The van der Waals surface area contributed by atoms with Crippen molar-refractivity contribution in [3.8, 4) is 5.75 Å². The van der Waals surface area contributed by atoms with Crippen LogP contribution >= 0.6 is 0 Å². The van der Waals surface area contributed by atoms with E-state index in [0.29, 0.717) is 11.4 Å². The number of ether oxygens (including phenoxy) is 2. The quantitative estimate of drug-likeness (QED) is 0.739. The maximum Gasteiger partial charge on any atom is 0.309 e. The first-order valence-electron chi connectivity index (χ1n) is 9.59. The molecule has 1 heterocycles. The molecule has 0 aliphatic carbocycles. The lowest BCUT2D eigenvalue weighted by atomic mass is 9.94. The van der Waals surface area contributed by atoms with Crippen molar-refractivity contribution < 1.29 is 23.9 Å². The molecule has 0 radical (unpaired) electrons. The van der Waals surface area contributed by atoms with Crippen molar-refractivity contribution in [1.82, 2.24) is 4.90 Å². The van der Waals surface area contributed by atoms with Gasteiger partial charge >= 0.3 is 5.97 Å². The molecule has 2 amide bonds. The van der Waals surface area contributed by atoms with Gasteiger partial charge in [0.2, 0.25) is 5.91 Å². The average molecular weight is 408 g/mol. The van der Waals surface area contributed by atoms with Gasteiger partial charge in [-0.05, 0) is 48.4 Å². The van der Waals surface area contributed by atoms with Crippen molar-refractivity contribution in [1.29, 1.82) is 0 Å². The Morgan fingerprint density at radius 3 is 2.47 bits per heavy atom. The molecule has 1 aliphatic heterocycles. The first-order valence-corrected chi connectivity index (χ1v) is 9.59. The fourth-order valence-corrected chi connectivity index (χ4v) is 3.29.